The monoisotopic (exact) mass is 387 g/mol. The number of aromatic nitrogens is 1. The minimum absolute atomic E-state index is 0.114. The number of nitrogens with zero attached hydrogens (tertiary/aromatic N) is 3. The number of rotatable bonds is 5. The Morgan fingerprint density at radius 2 is 2.04 bits per heavy atom. The zero-order chi connectivity index (χ0) is 19.6. The first kappa shape index (κ1) is 18.9. The molecule has 0 unspecified atom stereocenters. The number of azo groups is 1. The highest BCUT2D eigenvalue weighted by molar-refractivity contribution is 6.30. The highest BCUT2D eigenvalue weighted by Crippen LogP contribution is 2.38. The zero-order valence-electron chi connectivity index (χ0n) is 14.8. The van der Waals surface area contributed by atoms with Crippen molar-refractivity contribution in [3.63, 3.8) is 0 Å². The molecule has 1 atom stereocenters. The quantitative estimate of drug-likeness (QED) is 0.636. The fraction of sp³-hybridized carbons (Fsp3) is 0.211. The molecule has 0 saturated carbocycles. The summed E-state index contributed by atoms with van der Waals surface area (Å²) in [6.45, 7) is 2.96. The second-order valence-corrected chi connectivity index (χ2v) is 6.40. The highest BCUT2D eigenvalue weighted by Gasteiger charge is 2.18. The second kappa shape index (κ2) is 7.77. The minimum Gasteiger partial charge on any atom is -0.493 e. The molecule has 27 heavy (non-hydrogen) atoms. The lowest BCUT2D eigenvalue weighted by Gasteiger charge is -2.13. The van der Waals surface area contributed by atoms with Crippen molar-refractivity contribution in [2.75, 3.05) is 0 Å². The number of para-hydroxylation sites is 1. The molecule has 0 saturated heterocycles. The number of aromatic hydroxyl groups is 1. The Morgan fingerprint density at radius 3 is 2.74 bits per heavy atom. The van der Waals surface area contributed by atoms with Crippen LogP contribution >= 0.6 is 11.6 Å². The van der Waals surface area contributed by atoms with Crippen molar-refractivity contribution < 1.29 is 19.7 Å². The fourth-order valence-electron chi connectivity index (χ4n) is 2.68. The van der Waals surface area contributed by atoms with Gasteiger partial charge >= 0.3 is 5.91 Å². The van der Waals surface area contributed by atoms with Crippen LogP contribution in [0.3, 0.4) is 0 Å². The summed E-state index contributed by atoms with van der Waals surface area (Å²) in [7, 11) is 0. The van der Waals surface area contributed by atoms with E-state index in [9.17, 15) is 15.0 Å². The van der Waals surface area contributed by atoms with Gasteiger partial charge in [-0.05, 0) is 43.7 Å². The Hall–Kier alpha value is -2.90. The first-order valence-corrected chi connectivity index (χ1v) is 8.59. The van der Waals surface area contributed by atoms with Crippen LogP contribution < -0.4 is 4.74 Å². The van der Waals surface area contributed by atoms with Crippen molar-refractivity contribution in [2.24, 2.45) is 10.2 Å². The summed E-state index contributed by atoms with van der Waals surface area (Å²) in [5, 5.41) is 28.4. The number of carbonyl (C=O) groups is 1. The number of aryl methyl sites for hydroxylation is 1. The van der Waals surface area contributed by atoms with Gasteiger partial charge in [0.2, 0.25) is 5.88 Å². The van der Waals surface area contributed by atoms with Crippen molar-refractivity contribution in [1.29, 1.82) is 0 Å². The van der Waals surface area contributed by atoms with Crippen LogP contribution in [0.5, 0.6) is 11.6 Å². The molecule has 8 heteroatoms. The van der Waals surface area contributed by atoms with E-state index in [1.54, 1.807) is 49.4 Å². The van der Waals surface area contributed by atoms with E-state index in [-0.39, 0.29) is 11.6 Å². The number of benzene rings is 2. The smallest absolute Gasteiger partial charge is 0.304 e. The van der Waals surface area contributed by atoms with Crippen LogP contribution in [0.1, 0.15) is 12.5 Å². The summed E-state index contributed by atoms with van der Waals surface area (Å²) in [6.07, 6.45) is -0.873. The SMILES string of the molecule is Cc1cc(Cl)ccc1O[C@@H](C)C(=O)N=Nc1c(O)n(CO)c2ccccc12. The van der Waals surface area contributed by atoms with Gasteiger partial charge in [-0.25, -0.2) is 0 Å². The van der Waals surface area contributed by atoms with E-state index in [0.29, 0.717) is 21.7 Å². The third kappa shape index (κ3) is 3.79. The van der Waals surface area contributed by atoms with Crippen molar-refractivity contribution >= 4 is 34.1 Å². The molecule has 2 aromatic carbocycles. The lowest BCUT2D eigenvalue weighted by atomic mass is 10.2. The minimum atomic E-state index is -0.873. The standard InChI is InChI=1S/C19H18ClN3O4/c1-11-9-13(20)7-8-16(11)27-12(2)18(25)22-21-17-14-5-3-4-6-15(14)23(10-24)19(17)26/h3-9,12,24,26H,10H2,1-2H3/t12-/m0/s1. The number of carbonyl (C=O) groups excluding carboxylic acids is 1. The molecule has 0 fully saturated rings. The molecule has 3 rings (SSSR count). The molecule has 2 N–H and O–H groups in total. The molecular weight excluding hydrogens is 370 g/mol. The molecule has 1 aromatic heterocycles. The summed E-state index contributed by atoms with van der Waals surface area (Å²) in [6, 6.07) is 12.1. The van der Waals surface area contributed by atoms with Gasteiger partial charge < -0.3 is 14.9 Å². The number of hydrogen-bond acceptors (Lipinski definition) is 5. The van der Waals surface area contributed by atoms with Gasteiger partial charge in [-0.15, -0.1) is 10.2 Å². The van der Waals surface area contributed by atoms with E-state index in [0.717, 1.165) is 5.56 Å². The molecule has 1 heterocycles. The molecule has 0 aliphatic heterocycles. The number of hydrogen-bond donors (Lipinski definition) is 2. The van der Waals surface area contributed by atoms with Crippen molar-refractivity contribution in [3.8, 4) is 11.6 Å². The van der Waals surface area contributed by atoms with Gasteiger partial charge in [0.05, 0.1) is 5.52 Å². The number of aliphatic hydroxyl groups excluding tert-OH is 1. The molecule has 0 spiro atoms. The van der Waals surface area contributed by atoms with Gasteiger partial charge in [0.15, 0.2) is 11.8 Å². The van der Waals surface area contributed by atoms with Crippen LogP contribution in [0.25, 0.3) is 10.9 Å². The van der Waals surface area contributed by atoms with E-state index < -0.39 is 18.7 Å². The van der Waals surface area contributed by atoms with Gasteiger partial charge in [-0.1, -0.05) is 29.8 Å². The van der Waals surface area contributed by atoms with Crippen LogP contribution in [0.2, 0.25) is 5.02 Å². The predicted molar refractivity (Wildman–Crippen MR) is 102 cm³/mol. The average molecular weight is 388 g/mol. The number of aliphatic hydroxyl groups is 1. The van der Waals surface area contributed by atoms with Gasteiger partial charge in [-0.3, -0.25) is 9.36 Å². The Balaban J connectivity index is 1.82. The summed E-state index contributed by atoms with van der Waals surface area (Å²) in [5.41, 5.74) is 1.49. The van der Waals surface area contributed by atoms with Crippen molar-refractivity contribution in [3.05, 3.63) is 53.1 Å². The zero-order valence-corrected chi connectivity index (χ0v) is 15.5. The molecule has 0 radical (unpaired) electrons. The topological polar surface area (TPSA) is 96.4 Å². The Labute approximate surface area is 160 Å². The molecular formula is C19H18ClN3O4. The highest BCUT2D eigenvalue weighted by atomic mass is 35.5. The van der Waals surface area contributed by atoms with Gasteiger partial charge in [0, 0.05) is 10.4 Å². The molecule has 1 amide bonds. The average Bonchev–Trinajstić information content (AvgIpc) is 2.92. The van der Waals surface area contributed by atoms with E-state index in [1.807, 2.05) is 6.92 Å². The van der Waals surface area contributed by atoms with Crippen LogP contribution in [0.4, 0.5) is 5.69 Å². The number of ether oxygens (including phenoxy) is 1. The number of halogens is 1. The van der Waals surface area contributed by atoms with E-state index >= 15 is 0 Å². The van der Waals surface area contributed by atoms with E-state index in [1.165, 1.54) is 4.57 Å². The fourth-order valence-corrected chi connectivity index (χ4v) is 2.91. The molecule has 0 aliphatic rings. The lowest BCUT2D eigenvalue weighted by molar-refractivity contribution is -0.124. The molecule has 0 bridgehead atoms. The van der Waals surface area contributed by atoms with Crippen molar-refractivity contribution in [1.82, 2.24) is 4.57 Å². The normalized spacial score (nSPS) is 12.6. The number of fused-ring (bicyclic) bond motifs is 1. The molecule has 140 valence electrons. The van der Waals surface area contributed by atoms with Gasteiger partial charge in [-0.2, -0.15) is 0 Å². The first-order valence-electron chi connectivity index (χ1n) is 8.21. The maximum absolute atomic E-state index is 12.3. The first-order chi connectivity index (χ1) is 12.9. The predicted octanol–water partition coefficient (Wildman–Crippen LogP) is 4.34. The summed E-state index contributed by atoms with van der Waals surface area (Å²) >= 11 is 5.91. The lowest BCUT2D eigenvalue weighted by Crippen LogP contribution is -2.21. The third-order valence-electron chi connectivity index (χ3n) is 4.10. The maximum atomic E-state index is 12.3. The maximum Gasteiger partial charge on any atom is 0.304 e. The Kier molecular flexibility index (Phi) is 5.43. The van der Waals surface area contributed by atoms with Crippen LogP contribution in [0, 0.1) is 6.92 Å². The molecule has 7 nitrogen and oxygen atoms in total. The summed E-state index contributed by atoms with van der Waals surface area (Å²) in [4.78, 5) is 12.3. The van der Waals surface area contributed by atoms with E-state index in [4.69, 9.17) is 16.3 Å². The van der Waals surface area contributed by atoms with Crippen molar-refractivity contribution in [2.45, 2.75) is 26.7 Å². The summed E-state index contributed by atoms with van der Waals surface area (Å²) in [5.74, 6) is -0.350. The Bertz CT molecular complexity index is 1030. The summed E-state index contributed by atoms with van der Waals surface area (Å²) < 4.78 is 6.89. The van der Waals surface area contributed by atoms with Gasteiger partial charge in [0.1, 0.15) is 12.5 Å². The molecule has 3 aromatic rings. The third-order valence-corrected chi connectivity index (χ3v) is 4.33. The van der Waals surface area contributed by atoms with Crippen LogP contribution in [0.15, 0.2) is 52.7 Å². The van der Waals surface area contributed by atoms with Gasteiger partial charge in [0.25, 0.3) is 0 Å². The largest absolute Gasteiger partial charge is 0.493 e. The Morgan fingerprint density at radius 1 is 1.30 bits per heavy atom. The van der Waals surface area contributed by atoms with E-state index in [2.05, 4.69) is 10.2 Å². The second-order valence-electron chi connectivity index (χ2n) is 5.97. The van der Waals surface area contributed by atoms with Crippen LogP contribution in [-0.4, -0.2) is 26.8 Å². The number of amides is 1. The molecule has 0 aliphatic carbocycles. The van der Waals surface area contributed by atoms with Crippen LogP contribution in [-0.2, 0) is 11.5 Å².